The number of ether oxygens (including phenoxy) is 4. The lowest BCUT2D eigenvalue weighted by Gasteiger charge is -2.19. The van der Waals surface area contributed by atoms with Crippen LogP contribution in [0.25, 0.3) is 0 Å². The number of hydrogen-bond acceptors (Lipinski definition) is 6. The summed E-state index contributed by atoms with van der Waals surface area (Å²) >= 11 is 0. The number of fused-ring (bicyclic) bond motifs is 1. The molecule has 1 saturated heterocycles. The number of carbonyl (C=O) groups is 2. The molecule has 0 aromatic heterocycles. The summed E-state index contributed by atoms with van der Waals surface area (Å²) in [5.74, 6) is 2.27. The van der Waals surface area contributed by atoms with Gasteiger partial charge in [0.25, 0.3) is 0 Å². The standard InChI is InChI=1S/C20H21N3O6/c1-26-15-6-4-14(9-17(15)27-2)23-10-13(8-19(23)24)22-20(25)21-12-3-5-16-18(7-12)29-11-28-16/h3-7,9,13H,8,10-11H2,1-2H3,(H2,21,22,25). The minimum atomic E-state index is -0.393. The normalized spacial score (nSPS) is 17.2. The first kappa shape index (κ1) is 18.7. The molecule has 0 aliphatic carbocycles. The molecule has 1 unspecified atom stereocenters. The van der Waals surface area contributed by atoms with Crippen molar-refractivity contribution in [3.05, 3.63) is 36.4 Å². The second kappa shape index (κ2) is 7.78. The monoisotopic (exact) mass is 399 g/mol. The highest BCUT2D eigenvalue weighted by molar-refractivity contribution is 5.98. The lowest BCUT2D eigenvalue weighted by Crippen LogP contribution is -2.39. The minimum absolute atomic E-state index is 0.0781. The molecule has 4 rings (SSSR count). The van der Waals surface area contributed by atoms with Crippen molar-refractivity contribution in [3.63, 3.8) is 0 Å². The zero-order valence-electron chi connectivity index (χ0n) is 16.1. The average molecular weight is 399 g/mol. The van der Waals surface area contributed by atoms with Gasteiger partial charge < -0.3 is 34.5 Å². The van der Waals surface area contributed by atoms with Gasteiger partial charge in [0.05, 0.1) is 20.3 Å². The lowest BCUT2D eigenvalue weighted by molar-refractivity contribution is -0.117. The van der Waals surface area contributed by atoms with Crippen molar-refractivity contribution >= 4 is 23.3 Å². The number of nitrogens with zero attached hydrogens (tertiary/aromatic N) is 1. The van der Waals surface area contributed by atoms with E-state index < -0.39 is 6.03 Å². The Morgan fingerprint density at radius 2 is 1.86 bits per heavy atom. The maximum atomic E-state index is 12.5. The predicted molar refractivity (Wildman–Crippen MR) is 105 cm³/mol. The third-order valence-electron chi connectivity index (χ3n) is 4.77. The van der Waals surface area contributed by atoms with Gasteiger partial charge in [0.1, 0.15) is 0 Å². The highest BCUT2D eigenvalue weighted by atomic mass is 16.7. The molecule has 9 heteroatoms. The molecule has 3 amide bonds. The highest BCUT2D eigenvalue weighted by Crippen LogP contribution is 2.35. The van der Waals surface area contributed by atoms with E-state index in [9.17, 15) is 9.59 Å². The molecule has 1 fully saturated rings. The van der Waals surface area contributed by atoms with E-state index in [2.05, 4.69) is 10.6 Å². The average Bonchev–Trinajstić information content (AvgIpc) is 3.33. The van der Waals surface area contributed by atoms with Crippen molar-refractivity contribution in [2.24, 2.45) is 0 Å². The molecule has 2 heterocycles. The summed E-state index contributed by atoms with van der Waals surface area (Å²) in [4.78, 5) is 26.4. The molecule has 0 saturated carbocycles. The van der Waals surface area contributed by atoms with Crippen molar-refractivity contribution in [3.8, 4) is 23.0 Å². The Labute approximate surface area is 167 Å². The van der Waals surface area contributed by atoms with E-state index >= 15 is 0 Å². The zero-order valence-corrected chi connectivity index (χ0v) is 16.1. The summed E-state index contributed by atoms with van der Waals surface area (Å²) in [7, 11) is 3.09. The molecule has 0 spiro atoms. The fourth-order valence-corrected chi connectivity index (χ4v) is 3.37. The van der Waals surface area contributed by atoms with Crippen molar-refractivity contribution < 1.29 is 28.5 Å². The van der Waals surface area contributed by atoms with E-state index in [1.165, 1.54) is 7.11 Å². The maximum Gasteiger partial charge on any atom is 0.319 e. The van der Waals surface area contributed by atoms with Gasteiger partial charge in [-0.1, -0.05) is 0 Å². The molecule has 152 valence electrons. The summed E-state index contributed by atoms with van der Waals surface area (Å²) in [6.07, 6.45) is 0.211. The number of methoxy groups -OCH3 is 2. The maximum absolute atomic E-state index is 12.5. The molecule has 1 atom stereocenters. The Kier molecular flexibility index (Phi) is 5.03. The summed E-state index contributed by atoms with van der Waals surface area (Å²) in [5.41, 5.74) is 1.26. The Morgan fingerprint density at radius 3 is 2.66 bits per heavy atom. The largest absolute Gasteiger partial charge is 0.493 e. The van der Waals surface area contributed by atoms with Gasteiger partial charge in [-0.05, 0) is 24.3 Å². The third kappa shape index (κ3) is 3.84. The van der Waals surface area contributed by atoms with E-state index in [0.717, 1.165) is 0 Å². The van der Waals surface area contributed by atoms with Crippen molar-refractivity contribution in [1.29, 1.82) is 0 Å². The minimum Gasteiger partial charge on any atom is -0.493 e. The summed E-state index contributed by atoms with van der Waals surface area (Å²) in [6.45, 7) is 0.532. The van der Waals surface area contributed by atoms with Crippen LogP contribution in [0, 0.1) is 0 Å². The zero-order chi connectivity index (χ0) is 20.4. The number of amides is 3. The first-order valence-electron chi connectivity index (χ1n) is 9.07. The molecule has 2 aliphatic heterocycles. The molecule has 2 aromatic carbocycles. The third-order valence-corrected chi connectivity index (χ3v) is 4.77. The van der Waals surface area contributed by atoms with Crippen LogP contribution in [0.1, 0.15) is 6.42 Å². The molecular weight excluding hydrogens is 378 g/mol. The van der Waals surface area contributed by atoms with Crippen LogP contribution in [0.2, 0.25) is 0 Å². The van der Waals surface area contributed by atoms with E-state index in [4.69, 9.17) is 18.9 Å². The first-order chi connectivity index (χ1) is 14.1. The number of rotatable bonds is 5. The van der Waals surface area contributed by atoms with Crippen LogP contribution in [0.15, 0.2) is 36.4 Å². The molecule has 0 bridgehead atoms. The highest BCUT2D eigenvalue weighted by Gasteiger charge is 2.32. The SMILES string of the molecule is COc1ccc(N2CC(NC(=O)Nc3ccc4c(c3)OCO4)CC2=O)cc1OC. The Bertz CT molecular complexity index is 948. The quantitative estimate of drug-likeness (QED) is 0.801. The van der Waals surface area contributed by atoms with Gasteiger partial charge in [-0.25, -0.2) is 4.79 Å². The Morgan fingerprint density at radius 1 is 1.07 bits per heavy atom. The Balaban J connectivity index is 1.38. The topological polar surface area (TPSA) is 98.4 Å². The van der Waals surface area contributed by atoms with Crippen LogP contribution in [-0.4, -0.2) is 45.5 Å². The predicted octanol–water partition coefficient (Wildman–Crippen LogP) is 2.36. The Hall–Kier alpha value is -3.62. The van der Waals surface area contributed by atoms with Gasteiger partial charge in [0.2, 0.25) is 12.7 Å². The number of anilines is 2. The number of hydrogen-bond donors (Lipinski definition) is 2. The van der Waals surface area contributed by atoms with Gasteiger partial charge in [-0.2, -0.15) is 0 Å². The number of nitrogens with one attached hydrogen (secondary N) is 2. The van der Waals surface area contributed by atoms with Gasteiger partial charge in [0.15, 0.2) is 23.0 Å². The first-order valence-corrected chi connectivity index (χ1v) is 9.07. The molecule has 29 heavy (non-hydrogen) atoms. The smallest absolute Gasteiger partial charge is 0.319 e. The second-order valence-corrected chi connectivity index (χ2v) is 6.61. The van der Waals surface area contributed by atoms with Gasteiger partial charge in [0, 0.05) is 36.5 Å². The van der Waals surface area contributed by atoms with Crippen LogP contribution in [0.3, 0.4) is 0 Å². The van der Waals surface area contributed by atoms with Crippen molar-refractivity contribution in [2.75, 3.05) is 37.8 Å². The summed E-state index contributed by atoms with van der Waals surface area (Å²) in [5, 5.41) is 5.59. The molecule has 9 nitrogen and oxygen atoms in total. The second-order valence-electron chi connectivity index (χ2n) is 6.61. The molecule has 0 radical (unpaired) electrons. The van der Waals surface area contributed by atoms with Gasteiger partial charge in [-0.3, -0.25) is 4.79 Å². The van der Waals surface area contributed by atoms with Crippen LogP contribution in [0.4, 0.5) is 16.2 Å². The van der Waals surface area contributed by atoms with E-state index in [1.54, 1.807) is 48.4 Å². The fraction of sp³-hybridized carbons (Fsp3) is 0.300. The van der Waals surface area contributed by atoms with Crippen molar-refractivity contribution in [2.45, 2.75) is 12.5 Å². The summed E-state index contributed by atoms with van der Waals surface area (Å²) in [6, 6.07) is 9.71. The van der Waals surface area contributed by atoms with Crippen LogP contribution < -0.4 is 34.5 Å². The summed E-state index contributed by atoms with van der Waals surface area (Å²) < 4.78 is 21.1. The lowest BCUT2D eigenvalue weighted by atomic mass is 10.2. The van der Waals surface area contributed by atoms with E-state index in [1.807, 2.05) is 0 Å². The van der Waals surface area contributed by atoms with Gasteiger partial charge >= 0.3 is 6.03 Å². The molecule has 2 N–H and O–H groups in total. The van der Waals surface area contributed by atoms with E-state index in [0.29, 0.717) is 40.9 Å². The van der Waals surface area contributed by atoms with Crippen LogP contribution >= 0.6 is 0 Å². The molecule has 2 aliphatic rings. The van der Waals surface area contributed by atoms with Gasteiger partial charge in [-0.15, -0.1) is 0 Å². The molecular formula is C20H21N3O6. The van der Waals surface area contributed by atoms with Crippen LogP contribution in [-0.2, 0) is 4.79 Å². The number of carbonyl (C=O) groups excluding carboxylic acids is 2. The number of benzene rings is 2. The fourth-order valence-electron chi connectivity index (χ4n) is 3.37. The number of urea groups is 1. The van der Waals surface area contributed by atoms with Crippen LogP contribution in [0.5, 0.6) is 23.0 Å². The van der Waals surface area contributed by atoms with Crippen molar-refractivity contribution in [1.82, 2.24) is 5.32 Å². The van der Waals surface area contributed by atoms with E-state index in [-0.39, 0.29) is 25.2 Å². The molecule has 2 aromatic rings.